The predicted octanol–water partition coefficient (Wildman–Crippen LogP) is 1.73. The first-order valence-corrected chi connectivity index (χ1v) is 7.19. The Morgan fingerprint density at radius 3 is 2.57 bits per heavy atom. The van der Waals surface area contributed by atoms with Crippen LogP contribution in [0.5, 0.6) is 0 Å². The van der Waals surface area contributed by atoms with Gasteiger partial charge in [0, 0.05) is 0 Å². The average molecular weight is 284 g/mol. The number of rotatable bonds is 4. The van der Waals surface area contributed by atoms with Crippen molar-refractivity contribution in [1.29, 1.82) is 0 Å². The molecule has 110 valence electrons. The number of hydrogen-bond donors (Lipinski definition) is 1. The quantitative estimate of drug-likeness (QED) is 0.856. The van der Waals surface area contributed by atoms with Crippen molar-refractivity contribution in [3.8, 4) is 12.3 Å². The van der Waals surface area contributed by atoms with Gasteiger partial charge in [-0.3, -0.25) is 9.59 Å². The Kier molecular flexibility index (Phi) is 4.64. The first-order chi connectivity index (χ1) is 10.1. The third kappa shape index (κ3) is 2.92. The van der Waals surface area contributed by atoms with E-state index >= 15 is 0 Å². The fraction of sp³-hybridized carbons (Fsp3) is 0.412. The van der Waals surface area contributed by atoms with Gasteiger partial charge in [0.2, 0.25) is 11.8 Å². The molecule has 0 radical (unpaired) electrons. The van der Waals surface area contributed by atoms with E-state index in [9.17, 15) is 9.59 Å². The lowest BCUT2D eigenvalue weighted by Crippen LogP contribution is -2.61. The van der Waals surface area contributed by atoms with Gasteiger partial charge < -0.3 is 10.2 Å². The lowest BCUT2D eigenvalue weighted by Gasteiger charge is -2.40. The van der Waals surface area contributed by atoms with Crippen LogP contribution in [0.2, 0.25) is 0 Å². The third-order valence-electron chi connectivity index (χ3n) is 4.00. The lowest BCUT2D eigenvalue weighted by molar-refractivity contribution is -0.150. The molecule has 3 unspecified atom stereocenters. The van der Waals surface area contributed by atoms with E-state index in [-0.39, 0.29) is 24.3 Å². The number of benzene rings is 1. The topological polar surface area (TPSA) is 49.4 Å². The Labute approximate surface area is 125 Å². The van der Waals surface area contributed by atoms with Crippen LogP contribution in [-0.4, -0.2) is 29.3 Å². The maximum Gasteiger partial charge on any atom is 0.248 e. The Morgan fingerprint density at radius 1 is 1.33 bits per heavy atom. The molecule has 3 atom stereocenters. The van der Waals surface area contributed by atoms with Crippen LogP contribution in [0.3, 0.4) is 0 Å². The number of hydrogen-bond acceptors (Lipinski definition) is 2. The SMILES string of the molecule is C#CCN1C(=O)C(C(C)CC)NC(=O)C1c1ccccc1. The van der Waals surface area contributed by atoms with Crippen molar-refractivity contribution in [3.05, 3.63) is 35.9 Å². The van der Waals surface area contributed by atoms with Gasteiger partial charge in [0.05, 0.1) is 6.54 Å². The summed E-state index contributed by atoms with van der Waals surface area (Å²) in [6.07, 6.45) is 6.20. The summed E-state index contributed by atoms with van der Waals surface area (Å²) < 4.78 is 0. The molecule has 0 bridgehead atoms. The van der Waals surface area contributed by atoms with E-state index < -0.39 is 12.1 Å². The monoisotopic (exact) mass is 284 g/mol. The molecule has 1 aromatic carbocycles. The third-order valence-corrected chi connectivity index (χ3v) is 4.00. The second-order valence-electron chi connectivity index (χ2n) is 5.36. The van der Waals surface area contributed by atoms with E-state index in [1.54, 1.807) is 0 Å². The van der Waals surface area contributed by atoms with Crippen LogP contribution < -0.4 is 5.32 Å². The summed E-state index contributed by atoms with van der Waals surface area (Å²) >= 11 is 0. The molecule has 0 aliphatic carbocycles. The van der Waals surface area contributed by atoms with Crippen LogP contribution in [0.1, 0.15) is 31.9 Å². The second-order valence-corrected chi connectivity index (χ2v) is 5.36. The van der Waals surface area contributed by atoms with Gasteiger partial charge in [-0.2, -0.15) is 0 Å². The van der Waals surface area contributed by atoms with E-state index in [4.69, 9.17) is 6.42 Å². The van der Waals surface area contributed by atoms with Crippen LogP contribution in [0.4, 0.5) is 0 Å². The van der Waals surface area contributed by atoms with Gasteiger partial charge in [-0.25, -0.2) is 0 Å². The number of nitrogens with one attached hydrogen (secondary N) is 1. The van der Waals surface area contributed by atoms with E-state index in [1.165, 1.54) is 4.90 Å². The maximum absolute atomic E-state index is 12.7. The van der Waals surface area contributed by atoms with Crippen molar-refractivity contribution < 1.29 is 9.59 Å². The van der Waals surface area contributed by atoms with Crippen LogP contribution in [0, 0.1) is 18.3 Å². The number of carbonyl (C=O) groups is 2. The van der Waals surface area contributed by atoms with Gasteiger partial charge >= 0.3 is 0 Å². The number of nitrogens with zero attached hydrogens (tertiary/aromatic N) is 1. The minimum atomic E-state index is -0.643. The summed E-state index contributed by atoms with van der Waals surface area (Å²) in [7, 11) is 0. The molecular weight excluding hydrogens is 264 g/mol. The molecule has 4 nitrogen and oxygen atoms in total. The molecule has 1 heterocycles. The zero-order valence-corrected chi connectivity index (χ0v) is 12.4. The highest BCUT2D eigenvalue weighted by molar-refractivity contribution is 5.97. The second kappa shape index (κ2) is 6.45. The molecule has 2 rings (SSSR count). The number of terminal acetylenes is 1. The Morgan fingerprint density at radius 2 is 2.00 bits per heavy atom. The fourth-order valence-corrected chi connectivity index (χ4v) is 2.60. The Balaban J connectivity index is 2.36. The molecule has 4 heteroatoms. The number of amides is 2. The molecule has 1 saturated heterocycles. The molecule has 1 aliphatic rings. The molecule has 1 aromatic rings. The zero-order valence-electron chi connectivity index (χ0n) is 12.4. The van der Waals surface area contributed by atoms with Gasteiger partial charge in [0.15, 0.2) is 0 Å². The van der Waals surface area contributed by atoms with Crippen molar-refractivity contribution in [2.24, 2.45) is 5.92 Å². The number of carbonyl (C=O) groups excluding carboxylic acids is 2. The normalized spacial score (nSPS) is 23.4. The maximum atomic E-state index is 12.7. The molecule has 1 fully saturated rings. The Bertz CT molecular complexity index is 562. The highest BCUT2D eigenvalue weighted by Gasteiger charge is 2.42. The van der Waals surface area contributed by atoms with Gasteiger partial charge in [0.25, 0.3) is 0 Å². The van der Waals surface area contributed by atoms with Crippen molar-refractivity contribution in [1.82, 2.24) is 10.2 Å². The molecule has 21 heavy (non-hydrogen) atoms. The highest BCUT2D eigenvalue weighted by Crippen LogP contribution is 2.27. The molecule has 0 spiro atoms. The van der Waals surface area contributed by atoms with Crippen molar-refractivity contribution in [2.75, 3.05) is 6.54 Å². The van der Waals surface area contributed by atoms with Crippen LogP contribution in [-0.2, 0) is 9.59 Å². The van der Waals surface area contributed by atoms with Gasteiger partial charge in [0.1, 0.15) is 12.1 Å². The van der Waals surface area contributed by atoms with Crippen molar-refractivity contribution in [2.45, 2.75) is 32.4 Å². The van der Waals surface area contributed by atoms with Crippen molar-refractivity contribution >= 4 is 11.8 Å². The largest absolute Gasteiger partial charge is 0.342 e. The standard InChI is InChI=1S/C17H20N2O2/c1-4-11-19-15(13-9-7-6-8-10-13)16(20)18-14(17(19)21)12(3)5-2/h1,6-10,12,14-15H,5,11H2,2-3H3,(H,18,20). The van der Waals surface area contributed by atoms with E-state index in [1.807, 2.05) is 44.2 Å². The fourth-order valence-electron chi connectivity index (χ4n) is 2.60. The average Bonchev–Trinajstić information content (AvgIpc) is 2.51. The Hall–Kier alpha value is -2.28. The first kappa shape index (κ1) is 15.1. The van der Waals surface area contributed by atoms with E-state index in [0.717, 1.165) is 12.0 Å². The zero-order chi connectivity index (χ0) is 15.4. The van der Waals surface area contributed by atoms with Crippen LogP contribution >= 0.6 is 0 Å². The summed E-state index contributed by atoms with van der Waals surface area (Å²) in [6, 6.07) is 8.12. The predicted molar refractivity (Wildman–Crippen MR) is 81.1 cm³/mol. The van der Waals surface area contributed by atoms with Crippen molar-refractivity contribution in [3.63, 3.8) is 0 Å². The first-order valence-electron chi connectivity index (χ1n) is 7.19. The minimum Gasteiger partial charge on any atom is -0.342 e. The smallest absolute Gasteiger partial charge is 0.248 e. The molecule has 1 aliphatic heterocycles. The molecule has 2 amide bonds. The summed E-state index contributed by atoms with van der Waals surface area (Å²) in [5, 5.41) is 2.86. The summed E-state index contributed by atoms with van der Waals surface area (Å²) in [4.78, 5) is 26.6. The number of piperazine rings is 1. The summed E-state index contributed by atoms with van der Waals surface area (Å²) in [6.45, 7) is 4.09. The lowest BCUT2D eigenvalue weighted by atomic mass is 9.92. The molecular formula is C17H20N2O2. The highest BCUT2D eigenvalue weighted by atomic mass is 16.2. The van der Waals surface area contributed by atoms with Crippen LogP contribution in [0.25, 0.3) is 0 Å². The molecule has 0 saturated carbocycles. The van der Waals surface area contributed by atoms with Gasteiger partial charge in [-0.05, 0) is 11.5 Å². The van der Waals surface area contributed by atoms with E-state index in [2.05, 4.69) is 11.2 Å². The summed E-state index contributed by atoms with van der Waals surface area (Å²) in [5.41, 5.74) is 0.779. The minimum absolute atomic E-state index is 0.0819. The summed E-state index contributed by atoms with van der Waals surface area (Å²) in [5.74, 6) is 2.31. The molecule has 0 aromatic heterocycles. The van der Waals surface area contributed by atoms with Gasteiger partial charge in [-0.15, -0.1) is 6.42 Å². The van der Waals surface area contributed by atoms with E-state index in [0.29, 0.717) is 0 Å². The van der Waals surface area contributed by atoms with Crippen LogP contribution in [0.15, 0.2) is 30.3 Å². The molecule has 1 N–H and O–H groups in total. The van der Waals surface area contributed by atoms with Gasteiger partial charge in [-0.1, -0.05) is 56.5 Å².